The number of ether oxygens (including phenoxy) is 1. The van der Waals surface area contributed by atoms with Crippen molar-refractivity contribution in [3.63, 3.8) is 0 Å². The van der Waals surface area contributed by atoms with E-state index in [9.17, 15) is 9.59 Å². The molecule has 2 aromatic rings. The van der Waals surface area contributed by atoms with Gasteiger partial charge in [0, 0.05) is 31.9 Å². The number of nitrogens with zero attached hydrogens (tertiary/aromatic N) is 2. The molecule has 0 bridgehead atoms. The summed E-state index contributed by atoms with van der Waals surface area (Å²) in [5.41, 5.74) is 3.20. The Bertz CT molecular complexity index is 839. The van der Waals surface area contributed by atoms with Gasteiger partial charge in [-0.1, -0.05) is 30.3 Å². The van der Waals surface area contributed by atoms with Crippen LogP contribution in [-0.4, -0.2) is 62.0 Å². The van der Waals surface area contributed by atoms with Crippen LogP contribution in [-0.2, 0) is 22.7 Å². The van der Waals surface area contributed by atoms with Crippen LogP contribution < -0.4 is 15.4 Å². The standard InChI is InChI=1S/C22H28N4O3/c1-25(2)11-12-26-14-17-7-6-10-20(19(17)15-26)24-21(27)13-23-22(28)16-29-18-8-4-3-5-9-18/h3-10H,11-16H2,1-2H3,(H,23,28)(H,24,27). The number of hydrogen-bond acceptors (Lipinski definition) is 5. The minimum atomic E-state index is -0.336. The SMILES string of the molecule is CN(C)CCN1Cc2cccc(NC(=O)CNC(=O)COc3ccccc3)c2C1. The third kappa shape index (κ3) is 6.30. The van der Waals surface area contributed by atoms with E-state index in [0.29, 0.717) is 5.75 Å². The zero-order valence-electron chi connectivity index (χ0n) is 17.0. The fourth-order valence-electron chi connectivity index (χ4n) is 3.20. The number of anilines is 1. The molecule has 154 valence electrons. The first kappa shape index (κ1) is 20.8. The summed E-state index contributed by atoms with van der Waals surface area (Å²) in [6, 6.07) is 15.1. The van der Waals surface area contributed by atoms with Crippen LogP contribution in [0.2, 0.25) is 0 Å². The van der Waals surface area contributed by atoms with E-state index in [4.69, 9.17) is 4.74 Å². The van der Waals surface area contributed by atoms with Crippen molar-refractivity contribution in [3.8, 4) is 5.75 Å². The molecule has 3 rings (SSSR count). The van der Waals surface area contributed by atoms with Crippen molar-refractivity contribution in [2.24, 2.45) is 0 Å². The number of amides is 2. The predicted molar refractivity (Wildman–Crippen MR) is 113 cm³/mol. The topological polar surface area (TPSA) is 73.9 Å². The summed E-state index contributed by atoms with van der Waals surface area (Å²) in [5, 5.41) is 5.52. The molecular formula is C22H28N4O3. The maximum Gasteiger partial charge on any atom is 0.258 e. The molecule has 2 aromatic carbocycles. The molecule has 2 N–H and O–H groups in total. The van der Waals surface area contributed by atoms with Gasteiger partial charge in [0.15, 0.2) is 6.61 Å². The van der Waals surface area contributed by atoms with Crippen LogP contribution in [0.4, 0.5) is 5.69 Å². The van der Waals surface area contributed by atoms with Crippen molar-refractivity contribution in [2.45, 2.75) is 13.1 Å². The molecule has 1 aliphatic heterocycles. The van der Waals surface area contributed by atoms with Gasteiger partial charge in [0.2, 0.25) is 5.91 Å². The van der Waals surface area contributed by atoms with Gasteiger partial charge >= 0.3 is 0 Å². The lowest BCUT2D eigenvalue weighted by Gasteiger charge is -2.18. The summed E-state index contributed by atoms with van der Waals surface area (Å²) in [6.07, 6.45) is 0. The Morgan fingerprint density at radius 1 is 1.03 bits per heavy atom. The molecule has 0 fully saturated rings. The zero-order valence-corrected chi connectivity index (χ0v) is 17.0. The average Bonchev–Trinajstić information content (AvgIpc) is 3.14. The van der Waals surface area contributed by atoms with Gasteiger partial charge in [0.1, 0.15) is 5.75 Å². The third-order valence-corrected chi connectivity index (χ3v) is 4.75. The smallest absolute Gasteiger partial charge is 0.258 e. The summed E-state index contributed by atoms with van der Waals surface area (Å²) < 4.78 is 5.38. The van der Waals surface area contributed by atoms with Crippen LogP contribution in [0.5, 0.6) is 5.75 Å². The van der Waals surface area contributed by atoms with Crippen molar-refractivity contribution in [1.82, 2.24) is 15.1 Å². The molecule has 1 heterocycles. The number of fused-ring (bicyclic) bond motifs is 1. The van der Waals surface area contributed by atoms with Crippen molar-refractivity contribution < 1.29 is 14.3 Å². The van der Waals surface area contributed by atoms with E-state index in [1.54, 1.807) is 12.1 Å². The lowest BCUT2D eigenvalue weighted by molar-refractivity contribution is -0.125. The minimum absolute atomic E-state index is 0.0923. The number of benzene rings is 2. The molecule has 2 amide bonds. The zero-order chi connectivity index (χ0) is 20.6. The van der Waals surface area contributed by atoms with E-state index in [1.165, 1.54) is 5.56 Å². The molecule has 7 nitrogen and oxygen atoms in total. The van der Waals surface area contributed by atoms with E-state index in [-0.39, 0.29) is 25.0 Å². The highest BCUT2D eigenvalue weighted by atomic mass is 16.5. The number of rotatable bonds is 9. The minimum Gasteiger partial charge on any atom is -0.484 e. The van der Waals surface area contributed by atoms with E-state index in [0.717, 1.165) is 37.4 Å². The van der Waals surface area contributed by atoms with Gasteiger partial charge in [-0.25, -0.2) is 0 Å². The van der Waals surface area contributed by atoms with Crippen LogP contribution >= 0.6 is 0 Å². The van der Waals surface area contributed by atoms with E-state index in [1.807, 2.05) is 30.3 Å². The lowest BCUT2D eigenvalue weighted by atomic mass is 10.1. The summed E-state index contributed by atoms with van der Waals surface area (Å²) in [5.74, 6) is 0.0288. The van der Waals surface area contributed by atoms with Crippen LogP contribution in [0.25, 0.3) is 0 Å². The quantitative estimate of drug-likeness (QED) is 0.675. The molecule has 29 heavy (non-hydrogen) atoms. The van der Waals surface area contributed by atoms with Gasteiger partial charge in [0.25, 0.3) is 5.91 Å². The van der Waals surface area contributed by atoms with E-state index in [2.05, 4.69) is 40.6 Å². The second kappa shape index (κ2) is 10.0. The summed E-state index contributed by atoms with van der Waals surface area (Å²) in [7, 11) is 4.13. The van der Waals surface area contributed by atoms with Crippen LogP contribution in [0, 0.1) is 0 Å². The normalized spacial score (nSPS) is 13.2. The first-order valence-electron chi connectivity index (χ1n) is 9.73. The fraction of sp³-hybridized carbons (Fsp3) is 0.364. The maximum absolute atomic E-state index is 12.3. The summed E-state index contributed by atoms with van der Waals surface area (Å²) in [4.78, 5) is 28.7. The average molecular weight is 396 g/mol. The van der Waals surface area contributed by atoms with Crippen molar-refractivity contribution in [1.29, 1.82) is 0 Å². The van der Waals surface area contributed by atoms with Gasteiger partial charge in [-0.05, 0) is 43.4 Å². The predicted octanol–water partition coefficient (Wildman–Crippen LogP) is 1.70. The van der Waals surface area contributed by atoms with Gasteiger partial charge < -0.3 is 20.3 Å². The molecule has 0 radical (unpaired) electrons. The highest BCUT2D eigenvalue weighted by Crippen LogP contribution is 2.29. The number of carbonyl (C=O) groups excluding carboxylic acids is 2. The Morgan fingerprint density at radius 2 is 1.83 bits per heavy atom. The lowest BCUT2D eigenvalue weighted by Crippen LogP contribution is -2.36. The monoisotopic (exact) mass is 396 g/mol. The highest BCUT2D eigenvalue weighted by molar-refractivity contribution is 5.95. The molecule has 1 aliphatic rings. The Balaban J connectivity index is 1.46. The fourth-order valence-corrected chi connectivity index (χ4v) is 3.20. The Morgan fingerprint density at radius 3 is 2.59 bits per heavy atom. The van der Waals surface area contributed by atoms with Crippen molar-refractivity contribution in [3.05, 3.63) is 59.7 Å². The van der Waals surface area contributed by atoms with Gasteiger partial charge in [0.05, 0.1) is 6.54 Å². The van der Waals surface area contributed by atoms with Crippen molar-refractivity contribution >= 4 is 17.5 Å². The third-order valence-electron chi connectivity index (χ3n) is 4.75. The molecular weight excluding hydrogens is 368 g/mol. The molecule has 0 saturated heterocycles. The number of nitrogens with one attached hydrogen (secondary N) is 2. The Hall–Kier alpha value is -2.90. The van der Waals surface area contributed by atoms with Crippen LogP contribution in [0.15, 0.2) is 48.5 Å². The van der Waals surface area contributed by atoms with Crippen LogP contribution in [0.1, 0.15) is 11.1 Å². The van der Waals surface area contributed by atoms with E-state index >= 15 is 0 Å². The highest BCUT2D eigenvalue weighted by Gasteiger charge is 2.22. The summed E-state index contributed by atoms with van der Waals surface area (Å²) in [6.45, 7) is 3.46. The van der Waals surface area contributed by atoms with E-state index < -0.39 is 0 Å². The largest absolute Gasteiger partial charge is 0.484 e. The molecule has 0 unspecified atom stereocenters. The first-order chi connectivity index (χ1) is 14.0. The Kier molecular flexibility index (Phi) is 7.21. The maximum atomic E-state index is 12.3. The van der Waals surface area contributed by atoms with Gasteiger partial charge in [-0.15, -0.1) is 0 Å². The van der Waals surface area contributed by atoms with Crippen molar-refractivity contribution in [2.75, 3.05) is 45.7 Å². The molecule has 0 aliphatic carbocycles. The Labute approximate surface area is 171 Å². The molecule has 7 heteroatoms. The molecule has 0 spiro atoms. The number of carbonyl (C=O) groups is 2. The molecule has 0 atom stereocenters. The summed E-state index contributed by atoms with van der Waals surface area (Å²) >= 11 is 0. The number of para-hydroxylation sites is 1. The number of hydrogen-bond donors (Lipinski definition) is 2. The second-order valence-corrected chi connectivity index (χ2v) is 7.38. The molecule has 0 aromatic heterocycles. The van der Waals surface area contributed by atoms with Gasteiger partial charge in [-0.2, -0.15) is 0 Å². The molecule has 0 saturated carbocycles. The second-order valence-electron chi connectivity index (χ2n) is 7.38. The van der Waals surface area contributed by atoms with Gasteiger partial charge in [-0.3, -0.25) is 14.5 Å². The first-order valence-corrected chi connectivity index (χ1v) is 9.73. The van der Waals surface area contributed by atoms with Crippen LogP contribution in [0.3, 0.4) is 0 Å². The number of likely N-dealkylation sites (N-methyl/N-ethyl adjacent to an activating group) is 1.